The van der Waals surface area contributed by atoms with Gasteiger partial charge < -0.3 is 19.5 Å². The largest absolute Gasteiger partial charge is 0.545 e. The Morgan fingerprint density at radius 2 is 1.71 bits per heavy atom. The number of ether oxygens (including phenoxy) is 1. The maximum Gasteiger partial charge on any atom is 0.181 e. The number of carbonyl (C=O) groups is 1. The lowest BCUT2D eigenvalue weighted by molar-refractivity contribution is -0.880. The summed E-state index contributed by atoms with van der Waals surface area (Å²) in [6, 6.07) is 8.06. The van der Waals surface area contributed by atoms with E-state index in [2.05, 4.69) is 21.0 Å². The third-order valence-corrected chi connectivity index (χ3v) is 2.79. The monoisotopic (exact) mass is 295 g/mol. The fourth-order valence-electron chi connectivity index (χ4n) is 1.66. The molecule has 1 aromatic rings. The number of carboxylic acids is 1. The van der Waals surface area contributed by atoms with Crippen LogP contribution in [0.4, 0.5) is 0 Å². The number of nitrogens with one attached hydrogen (secondary N) is 1. The Bertz CT molecular complexity index is 352. The number of aromatic carboxylic acids is 1. The summed E-state index contributed by atoms with van der Waals surface area (Å²) in [5.74, 6) is -1.13. The van der Waals surface area contributed by atoms with Crippen LogP contribution in [0.3, 0.4) is 0 Å². The minimum atomic E-state index is -1.13. The molecule has 0 bridgehead atoms. The Balaban J connectivity index is 0.000000394. The molecule has 1 aromatic carbocycles. The molecule has 0 saturated carbocycles. The van der Waals surface area contributed by atoms with Crippen LogP contribution in [0.5, 0.6) is 0 Å². The second-order valence-electron chi connectivity index (χ2n) is 5.33. The van der Waals surface area contributed by atoms with Crippen LogP contribution >= 0.6 is 0 Å². The van der Waals surface area contributed by atoms with Crippen molar-refractivity contribution in [3.05, 3.63) is 35.9 Å². The van der Waals surface area contributed by atoms with E-state index in [9.17, 15) is 9.90 Å². The molecule has 0 spiro atoms. The van der Waals surface area contributed by atoms with Gasteiger partial charge in [0.2, 0.25) is 0 Å². The molecule has 0 atom stereocenters. The van der Waals surface area contributed by atoms with Gasteiger partial charge in [0.05, 0.1) is 26.7 Å². The number of benzene rings is 1. The predicted molar refractivity (Wildman–Crippen MR) is 83.2 cm³/mol. The van der Waals surface area contributed by atoms with Crippen LogP contribution in [0.2, 0.25) is 0 Å². The predicted octanol–water partition coefficient (Wildman–Crippen LogP) is 1.13. The normalized spacial score (nSPS) is 10.1. The Morgan fingerprint density at radius 3 is 2.19 bits per heavy atom. The molecule has 120 valence electrons. The topological polar surface area (TPSA) is 53.8 Å². The maximum atomic E-state index is 10.1. The summed E-state index contributed by atoms with van der Waals surface area (Å²) in [5, 5.41) is 10.1. The van der Waals surface area contributed by atoms with Crippen molar-refractivity contribution in [1.82, 2.24) is 0 Å². The fourth-order valence-corrected chi connectivity index (χ4v) is 1.66. The number of carbonyl (C=O) groups excluding carboxylic acids is 1. The van der Waals surface area contributed by atoms with E-state index in [1.807, 2.05) is 0 Å². The lowest BCUT2D eigenvalue weighted by Crippen LogP contribution is -3.06. The van der Waals surface area contributed by atoms with Crippen molar-refractivity contribution in [2.45, 2.75) is 39.0 Å². The zero-order chi connectivity index (χ0) is 15.9. The van der Waals surface area contributed by atoms with E-state index in [0.717, 1.165) is 13.3 Å². The van der Waals surface area contributed by atoms with Gasteiger partial charge >= 0.3 is 0 Å². The highest BCUT2D eigenvalue weighted by atomic mass is 16.5. The van der Waals surface area contributed by atoms with Crippen LogP contribution in [0.1, 0.15) is 49.4 Å². The molecule has 0 amide bonds. The lowest BCUT2D eigenvalue weighted by Gasteiger charge is -2.07. The Labute approximate surface area is 128 Å². The average molecular weight is 295 g/mol. The molecular weight excluding hydrogens is 266 g/mol. The van der Waals surface area contributed by atoms with Crippen LogP contribution in [-0.2, 0) is 4.74 Å². The summed E-state index contributed by atoms with van der Waals surface area (Å²) >= 11 is 0. The average Bonchev–Trinajstić information content (AvgIpc) is 2.47. The van der Waals surface area contributed by atoms with Gasteiger partial charge in [-0.25, -0.2) is 0 Å². The van der Waals surface area contributed by atoms with Crippen molar-refractivity contribution in [1.29, 1.82) is 0 Å². The van der Waals surface area contributed by atoms with E-state index in [4.69, 9.17) is 4.74 Å². The maximum absolute atomic E-state index is 10.1. The zero-order valence-corrected chi connectivity index (χ0v) is 13.6. The van der Waals surface area contributed by atoms with Gasteiger partial charge in [-0.15, -0.1) is 0 Å². The molecule has 21 heavy (non-hydrogen) atoms. The molecule has 1 N–H and O–H groups in total. The zero-order valence-electron chi connectivity index (χ0n) is 13.6. The first kappa shape index (κ1) is 19.6. The molecular formula is C17H29NO3. The number of hydrogen-bond donors (Lipinski definition) is 1. The SMILES string of the molecule is CCCCCCCOC[NH+](C)C.O=C([O-])c1ccccc1. The van der Waals surface area contributed by atoms with E-state index < -0.39 is 5.97 Å². The molecule has 0 heterocycles. The van der Waals surface area contributed by atoms with E-state index in [0.29, 0.717) is 0 Å². The van der Waals surface area contributed by atoms with Crippen LogP contribution in [0.15, 0.2) is 30.3 Å². The molecule has 4 nitrogen and oxygen atoms in total. The third-order valence-electron chi connectivity index (χ3n) is 2.79. The third kappa shape index (κ3) is 13.4. The number of rotatable bonds is 9. The summed E-state index contributed by atoms with van der Waals surface area (Å²) < 4.78 is 5.44. The Morgan fingerprint density at radius 1 is 1.10 bits per heavy atom. The van der Waals surface area contributed by atoms with Gasteiger partial charge in [0.15, 0.2) is 6.73 Å². The summed E-state index contributed by atoms with van der Waals surface area (Å²) in [7, 11) is 4.22. The van der Waals surface area contributed by atoms with E-state index in [1.165, 1.54) is 49.1 Å². The first-order valence-corrected chi connectivity index (χ1v) is 7.71. The summed E-state index contributed by atoms with van der Waals surface area (Å²) in [6.45, 7) is 4.02. The molecule has 1 rings (SSSR count). The van der Waals surface area contributed by atoms with Crippen LogP contribution < -0.4 is 10.0 Å². The number of hydrogen-bond acceptors (Lipinski definition) is 3. The smallest absolute Gasteiger partial charge is 0.181 e. The first-order valence-electron chi connectivity index (χ1n) is 7.71. The van der Waals surface area contributed by atoms with Crippen molar-refractivity contribution in [3.8, 4) is 0 Å². The summed E-state index contributed by atoms with van der Waals surface area (Å²) in [6.07, 6.45) is 6.63. The van der Waals surface area contributed by atoms with Gasteiger partial charge in [0.1, 0.15) is 0 Å². The molecule has 0 saturated heterocycles. The molecule has 0 unspecified atom stereocenters. The van der Waals surface area contributed by atoms with Gasteiger partial charge in [-0.05, 0) is 12.0 Å². The van der Waals surface area contributed by atoms with Crippen molar-refractivity contribution >= 4 is 5.97 Å². The minimum absolute atomic E-state index is 0.220. The fraction of sp³-hybridized carbons (Fsp3) is 0.588. The highest BCUT2D eigenvalue weighted by Crippen LogP contribution is 2.01. The number of carboxylic acid groups (broad SMARTS) is 1. The molecule has 0 aliphatic carbocycles. The molecule has 4 heteroatoms. The minimum Gasteiger partial charge on any atom is -0.545 e. The van der Waals surface area contributed by atoms with E-state index in [-0.39, 0.29) is 5.56 Å². The van der Waals surface area contributed by atoms with Gasteiger partial charge in [-0.3, -0.25) is 0 Å². The second-order valence-corrected chi connectivity index (χ2v) is 5.33. The van der Waals surface area contributed by atoms with Crippen LogP contribution in [0, 0.1) is 0 Å². The number of unbranched alkanes of at least 4 members (excludes halogenated alkanes) is 4. The van der Waals surface area contributed by atoms with Crippen molar-refractivity contribution in [2.24, 2.45) is 0 Å². The van der Waals surface area contributed by atoms with Crippen molar-refractivity contribution < 1.29 is 19.5 Å². The van der Waals surface area contributed by atoms with Gasteiger partial charge in [0, 0.05) is 0 Å². The summed E-state index contributed by atoms with van der Waals surface area (Å²) in [4.78, 5) is 11.5. The van der Waals surface area contributed by atoms with Gasteiger partial charge in [-0.2, -0.15) is 0 Å². The van der Waals surface area contributed by atoms with Crippen LogP contribution in [0.25, 0.3) is 0 Å². The van der Waals surface area contributed by atoms with Gasteiger partial charge in [0.25, 0.3) is 0 Å². The standard InChI is InChI=1S/C10H23NO.C7H6O2/c1-4-5-6-7-8-9-12-10-11(2)3;8-7(9)6-4-2-1-3-5-6/h4-10H2,1-3H3;1-5H,(H,8,9). The van der Waals surface area contributed by atoms with E-state index in [1.54, 1.807) is 18.2 Å². The highest BCUT2D eigenvalue weighted by Gasteiger charge is 1.92. The molecule has 0 aliphatic heterocycles. The van der Waals surface area contributed by atoms with E-state index >= 15 is 0 Å². The van der Waals surface area contributed by atoms with Gasteiger partial charge in [-0.1, -0.05) is 62.9 Å². The number of quaternary nitrogens is 1. The Kier molecular flexibility index (Phi) is 12.7. The second kappa shape index (κ2) is 13.6. The quantitative estimate of drug-likeness (QED) is 0.549. The Hall–Kier alpha value is -1.39. The molecule has 0 aliphatic rings. The van der Waals surface area contributed by atoms with Crippen LogP contribution in [-0.4, -0.2) is 33.4 Å². The molecule has 0 radical (unpaired) electrons. The molecule has 0 fully saturated rings. The first-order chi connectivity index (χ1) is 10.1. The molecule has 0 aromatic heterocycles. The lowest BCUT2D eigenvalue weighted by atomic mass is 10.2. The van der Waals surface area contributed by atoms with Crippen molar-refractivity contribution in [2.75, 3.05) is 27.4 Å². The highest BCUT2D eigenvalue weighted by molar-refractivity contribution is 5.85. The summed E-state index contributed by atoms with van der Waals surface area (Å²) in [5.41, 5.74) is 0.220. The van der Waals surface area contributed by atoms with Crippen molar-refractivity contribution in [3.63, 3.8) is 0 Å².